The van der Waals surface area contributed by atoms with Crippen LogP contribution in [0.5, 0.6) is 0 Å². The Labute approximate surface area is 163 Å². The Hall–Kier alpha value is -1.48. The van der Waals surface area contributed by atoms with Crippen molar-refractivity contribution in [2.75, 3.05) is 12.9 Å². The summed E-state index contributed by atoms with van der Waals surface area (Å²) in [5, 5.41) is -0.0200. The van der Waals surface area contributed by atoms with E-state index in [9.17, 15) is 4.79 Å². The number of ether oxygens (including phenoxy) is 1. The molecule has 0 fully saturated rings. The summed E-state index contributed by atoms with van der Waals surface area (Å²) in [5.74, 6) is -0.0692. The average molecular weight is 373 g/mol. The Bertz CT molecular complexity index is 582. The molecule has 0 N–H and O–H groups in total. The summed E-state index contributed by atoms with van der Waals surface area (Å²) in [7, 11) is 0. The number of carbonyl (C=O) groups is 1. The molecule has 0 aliphatic heterocycles. The van der Waals surface area contributed by atoms with Crippen molar-refractivity contribution < 1.29 is 9.53 Å². The molecule has 0 saturated heterocycles. The normalized spacial score (nSPS) is 20.7. The minimum absolute atomic E-state index is 0.00286. The van der Waals surface area contributed by atoms with E-state index < -0.39 is 0 Å². The number of hydrogen-bond donors (Lipinski definition) is 0. The van der Waals surface area contributed by atoms with Crippen molar-refractivity contribution in [3.63, 3.8) is 0 Å². The first-order chi connectivity index (χ1) is 12.5. The maximum atomic E-state index is 11.8. The molecule has 0 aromatic carbocycles. The predicted octanol–water partition coefficient (Wildman–Crippen LogP) is 6.03. The molecule has 26 heavy (non-hydrogen) atoms. The van der Waals surface area contributed by atoms with Crippen molar-refractivity contribution in [3.8, 4) is 0 Å². The zero-order chi connectivity index (χ0) is 18.9. The number of hydrogen-bond acceptors (Lipinski definition) is 3. The maximum Gasteiger partial charge on any atom is 0.319 e. The molecule has 0 amide bonds. The highest BCUT2D eigenvalue weighted by atomic mass is 32.2. The van der Waals surface area contributed by atoms with Crippen LogP contribution in [0, 0.1) is 10.8 Å². The average Bonchev–Trinajstić information content (AvgIpc) is 2.65. The van der Waals surface area contributed by atoms with Gasteiger partial charge in [-0.25, -0.2) is 0 Å². The summed E-state index contributed by atoms with van der Waals surface area (Å²) in [5.41, 5.74) is -0.0113. The minimum atomic E-state index is -0.0692. The first-order valence-corrected chi connectivity index (χ1v) is 10.9. The van der Waals surface area contributed by atoms with Crippen molar-refractivity contribution in [2.45, 2.75) is 51.2 Å². The molecule has 0 aromatic rings. The topological polar surface area (TPSA) is 26.3 Å². The molecule has 1 unspecified atom stereocenters. The maximum absolute atomic E-state index is 11.8. The Morgan fingerprint density at radius 1 is 1.15 bits per heavy atom. The van der Waals surface area contributed by atoms with Crippen LogP contribution in [0.25, 0.3) is 0 Å². The van der Waals surface area contributed by atoms with Crippen LogP contribution < -0.4 is 0 Å². The third-order valence-corrected chi connectivity index (χ3v) is 5.94. The molecule has 0 radical (unpaired) electrons. The lowest BCUT2D eigenvalue weighted by Gasteiger charge is -2.30. The molecule has 2 aliphatic rings. The van der Waals surface area contributed by atoms with Crippen LogP contribution in [0.3, 0.4) is 0 Å². The first-order valence-electron chi connectivity index (χ1n) is 9.66. The van der Waals surface area contributed by atoms with Gasteiger partial charge in [-0.05, 0) is 45.8 Å². The van der Waals surface area contributed by atoms with E-state index in [1.165, 1.54) is 0 Å². The highest BCUT2D eigenvalue weighted by molar-refractivity contribution is 7.99. The molecule has 0 saturated carbocycles. The second-order valence-electron chi connectivity index (χ2n) is 7.24. The SMILES string of the molecule is CCOC(=O)C(CCCC/C=C\C1(C)C=CC2(C=CCC=C2)C=C1)SC. The first kappa shape index (κ1) is 20.8. The van der Waals surface area contributed by atoms with Gasteiger partial charge in [0.05, 0.1) is 6.61 Å². The molecular formula is C23H32O2S. The molecule has 0 heterocycles. The lowest BCUT2D eigenvalue weighted by molar-refractivity contribution is -0.142. The van der Waals surface area contributed by atoms with Crippen molar-refractivity contribution in [3.05, 3.63) is 60.8 Å². The zero-order valence-corrected chi connectivity index (χ0v) is 17.1. The molecular weight excluding hydrogens is 340 g/mol. The summed E-state index contributed by atoms with van der Waals surface area (Å²) in [4.78, 5) is 11.8. The van der Waals surface area contributed by atoms with Gasteiger partial charge in [0.2, 0.25) is 0 Å². The highest BCUT2D eigenvalue weighted by Gasteiger charge is 2.26. The summed E-state index contributed by atoms with van der Waals surface area (Å²) < 4.78 is 5.11. The van der Waals surface area contributed by atoms with Crippen molar-refractivity contribution in [1.29, 1.82) is 0 Å². The molecule has 0 aromatic heterocycles. The van der Waals surface area contributed by atoms with E-state index >= 15 is 0 Å². The number of esters is 1. The largest absolute Gasteiger partial charge is 0.465 e. The van der Waals surface area contributed by atoms with E-state index in [2.05, 4.69) is 67.7 Å². The fourth-order valence-corrected chi connectivity index (χ4v) is 3.93. The van der Waals surface area contributed by atoms with Crippen molar-refractivity contribution >= 4 is 17.7 Å². The standard InChI is InChI=1S/C23H32O2S/c1-4-25-21(24)20(26-3)12-8-5-6-9-13-22(2)16-18-23(19-17-22)14-10-7-11-15-23/h9-11,13-20H,4-8,12H2,1-3H3/b13-9-. The van der Waals surface area contributed by atoms with Crippen LogP contribution >= 0.6 is 11.8 Å². The van der Waals surface area contributed by atoms with Crippen LogP contribution in [0.2, 0.25) is 0 Å². The van der Waals surface area contributed by atoms with E-state index in [1.807, 2.05) is 13.2 Å². The summed E-state index contributed by atoms with van der Waals surface area (Å²) >= 11 is 1.59. The summed E-state index contributed by atoms with van der Waals surface area (Å²) in [6.45, 7) is 4.56. The Morgan fingerprint density at radius 3 is 2.46 bits per heavy atom. The Kier molecular flexibility index (Phi) is 8.02. The van der Waals surface area contributed by atoms with Crippen LogP contribution in [-0.2, 0) is 9.53 Å². The van der Waals surface area contributed by atoms with E-state index in [0.29, 0.717) is 6.61 Å². The molecule has 142 valence electrons. The van der Waals surface area contributed by atoms with E-state index in [4.69, 9.17) is 4.74 Å². The van der Waals surface area contributed by atoms with Gasteiger partial charge in [-0.3, -0.25) is 4.79 Å². The monoisotopic (exact) mass is 372 g/mol. The second kappa shape index (κ2) is 10.0. The van der Waals surface area contributed by atoms with Gasteiger partial charge in [0, 0.05) is 10.8 Å². The van der Waals surface area contributed by atoms with Gasteiger partial charge in [-0.2, -0.15) is 11.8 Å². The number of thioether (sulfide) groups is 1. The van der Waals surface area contributed by atoms with E-state index in [-0.39, 0.29) is 22.0 Å². The molecule has 2 rings (SSSR count). The summed E-state index contributed by atoms with van der Waals surface area (Å²) in [6, 6.07) is 0. The zero-order valence-electron chi connectivity index (χ0n) is 16.3. The van der Waals surface area contributed by atoms with Crippen molar-refractivity contribution in [1.82, 2.24) is 0 Å². The Balaban J connectivity index is 1.73. The second-order valence-corrected chi connectivity index (χ2v) is 8.28. The lowest BCUT2D eigenvalue weighted by atomic mass is 9.74. The van der Waals surface area contributed by atoms with Gasteiger partial charge in [-0.15, -0.1) is 0 Å². The van der Waals surface area contributed by atoms with Gasteiger partial charge in [0.15, 0.2) is 0 Å². The van der Waals surface area contributed by atoms with E-state index in [0.717, 1.165) is 32.1 Å². The van der Waals surface area contributed by atoms with Gasteiger partial charge >= 0.3 is 5.97 Å². The molecule has 2 aliphatic carbocycles. The lowest BCUT2D eigenvalue weighted by Crippen LogP contribution is -2.19. The van der Waals surface area contributed by atoms with Gasteiger partial charge in [0.1, 0.15) is 5.25 Å². The van der Waals surface area contributed by atoms with Crippen LogP contribution in [-0.4, -0.2) is 24.1 Å². The molecule has 1 spiro atoms. The molecule has 2 nitrogen and oxygen atoms in total. The van der Waals surface area contributed by atoms with E-state index in [1.54, 1.807) is 11.8 Å². The third-order valence-electron chi connectivity index (χ3n) is 4.95. The van der Waals surface area contributed by atoms with Gasteiger partial charge < -0.3 is 4.74 Å². The third kappa shape index (κ3) is 6.05. The van der Waals surface area contributed by atoms with Crippen molar-refractivity contribution in [2.24, 2.45) is 10.8 Å². The molecule has 1 atom stereocenters. The fraction of sp³-hybridized carbons (Fsp3) is 0.522. The van der Waals surface area contributed by atoms with Gasteiger partial charge in [0.25, 0.3) is 0 Å². The smallest absolute Gasteiger partial charge is 0.319 e. The van der Waals surface area contributed by atoms with Crippen LogP contribution in [0.1, 0.15) is 46.0 Å². The highest BCUT2D eigenvalue weighted by Crippen LogP contribution is 2.38. The number of rotatable bonds is 9. The molecule has 0 bridgehead atoms. The summed E-state index contributed by atoms with van der Waals surface area (Å²) in [6.07, 6.45) is 29.9. The van der Waals surface area contributed by atoms with Gasteiger partial charge in [-0.1, -0.05) is 67.2 Å². The molecule has 3 heteroatoms. The quantitative estimate of drug-likeness (QED) is 0.281. The number of carbonyl (C=O) groups excluding carboxylic acids is 1. The van der Waals surface area contributed by atoms with Crippen LogP contribution in [0.4, 0.5) is 0 Å². The fourth-order valence-electron chi connectivity index (χ4n) is 3.27. The van der Waals surface area contributed by atoms with Crippen LogP contribution in [0.15, 0.2) is 60.8 Å². The Morgan fingerprint density at radius 2 is 1.85 bits per heavy atom. The predicted molar refractivity (Wildman–Crippen MR) is 113 cm³/mol. The minimum Gasteiger partial charge on any atom is -0.465 e. The number of unbranched alkanes of at least 4 members (excludes halogenated alkanes) is 2. The number of allylic oxidation sites excluding steroid dienone is 10.